The van der Waals surface area contributed by atoms with Gasteiger partial charge < -0.3 is 34.4 Å². The van der Waals surface area contributed by atoms with E-state index in [1.54, 1.807) is 43.9 Å². The summed E-state index contributed by atoms with van der Waals surface area (Å²) in [4.78, 5) is 83.9. The number of carbonyl (C=O) groups excluding carboxylic acids is 6. The van der Waals surface area contributed by atoms with Crippen LogP contribution in [-0.2, 0) is 53.3 Å². The van der Waals surface area contributed by atoms with Gasteiger partial charge in [0.05, 0.1) is 25.3 Å². The molecule has 0 saturated heterocycles. The Morgan fingerprint density at radius 3 is 2.07 bits per heavy atom. The third-order valence-electron chi connectivity index (χ3n) is 14.6. The third kappa shape index (κ3) is 10.1. The van der Waals surface area contributed by atoms with E-state index < -0.39 is 24.0 Å². The number of ether oxygens (including phenoxy) is 3. The number of ketones is 3. The number of aliphatic hydroxyl groups excluding tert-OH is 1. The van der Waals surface area contributed by atoms with Gasteiger partial charge >= 0.3 is 0 Å². The second-order valence-electron chi connectivity index (χ2n) is 19.6. The summed E-state index contributed by atoms with van der Waals surface area (Å²) in [6.07, 6.45) is 3.48. The quantitative estimate of drug-likeness (QED) is 0.0812. The summed E-state index contributed by atoms with van der Waals surface area (Å²) < 4.78 is 18.8. The number of amides is 3. The number of Topliss-reactive ketones (excluding diaryl/α,β-unsaturated/α-hetero) is 3. The van der Waals surface area contributed by atoms with Crippen molar-refractivity contribution in [3.8, 4) is 17.2 Å². The molecule has 0 aromatic heterocycles. The van der Waals surface area contributed by atoms with E-state index in [0.717, 1.165) is 46.5 Å². The SMILES string of the molecule is CCC(=O)CCCC(=O)[C@H](C)NC(=O)[C@H](C)CC(=O)c1cc(COc2cc3c(cc2C)C(=O)N2c4ccccc4C[C@H]2C(O)C3)cc(COc2cc3c(cc2OC)C(=O)N2c4ccccc4C[C@H]2CC3)c1. The van der Waals surface area contributed by atoms with Crippen molar-refractivity contribution in [2.75, 3.05) is 16.9 Å². The molecule has 13 nitrogen and oxygen atoms in total. The van der Waals surface area contributed by atoms with Crippen LogP contribution < -0.4 is 29.3 Å². The highest BCUT2D eigenvalue weighted by Gasteiger charge is 2.42. The highest BCUT2D eigenvalue weighted by molar-refractivity contribution is 6.10. The Morgan fingerprint density at radius 1 is 0.732 bits per heavy atom. The number of carbonyl (C=O) groups is 6. The molecule has 4 aliphatic heterocycles. The van der Waals surface area contributed by atoms with Gasteiger partial charge in [0.25, 0.3) is 11.8 Å². The van der Waals surface area contributed by atoms with Gasteiger partial charge in [0.15, 0.2) is 23.1 Å². The van der Waals surface area contributed by atoms with E-state index in [9.17, 15) is 33.9 Å². The molecule has 4 heterocycles. The Hall–Kier alpha value is -7.12. The number of aliphatic hydroxyl groups is 1. The fourth-order valence-electron chi connectivity index (χ4n) is 10.6. The molecule has 0 radical (unpaired) electrons. The first kappa shape index (κ1) is 48.9. The molecule has 5 aromatic carbocycles. The monoisotopic (exact) mass is 959 g/mol. The van der Waals surface area contributed by atoms with Gasteiger partial charge in [-0.05, 0) is 139 Å². The van der Waals surface area contributed by atoms with Crippen molar-refractivity contribution < 1.29 is 48.1 Å². The zero-order chi connectivity index (χ0) is 50.1. The molecule has 4 aliphatic rings. The molecule has 0 saturated carbocycles. The number of fused-ring (bicyclic) bond motifs is 8. The van der Waals surface area contributed by atoms with Gasteiger partial charge in [0.2, 0.25) is 5.91 Å². The summed E-state index contributed by atoms with van der Waals surface area (Å²) in [6, 6.07) is 27.3. The van der Waals surface area contributed by atoms with Crippen LogP contribution in [-0.4, -0.2) is 71.5 Å². The predicted octanol–water partition coefficient (Wildman–Crippen LogP) is 8.60. The molecule has 5 aromatic rings. The standard InChI is InChI=1S/C58H61N3O10/c1-6-44(62)14-11-17-50(63)35(4)59-56(66)34(3)21-51(64)42-23-36(31-70-53-29-41-27-52(65)49-26-40-13-8-10-16-48(40)61(49)58(68)45(41)20-33(53)2)22-37(24-42)32-71-55-28-38-18-19-43-25-39-12-7-9-15-47(39)60(43)57(67)46(38)30-54(55)69-5/h7-10,12-13,15-16,20,22-24,28-30,34-35,43,49,52,65H,6,11,14,17-19,21,25-27,31-32H2,1-5H3,(H,59,66)/t34-,35+,43-,49+,52?/m1/s1. The number of nitrogens with zero attached hydrogens (tertiary/aromatic N) is 2. The number of methoxy groups -OCH3 is 1. The lowest BCUT2D eigenvalue weighted by Gasteiger charge is -2.26. The molecule has 0 aliphatic carbocycles. The molecular weight excluding hydrogens is 899 g/mol. The third-order valence-corrected chi connectivity index (χ3v) is 14.6. The van der Waals surface area contributed by atoms with E-state index in [-0.39, 0.29) is 73.7 Å². The molecule has 368 valence electrons. The number of benzene rings is 5. The van der Waals surface area contributed by atoms with Gasteiger partial charge in [0, 0.05) is 72.1 Å². The van der Waals surface area contributed by atoms with E-state index in [4.69, 9.17) is 14.2 Å². The molecule has 1 unspecified atom stereocenters. The van der Waals surface area contributed by atoms with Crippen LogP contribution in [0.1, 0.15) is 129 Å². The van der Waals surface area contributed by atoms with Crippen molar-refractivity contribution in [2.45, 2.75) is 129 Å². The maximum absolute atomic E-state index is 14.1. The minimum absolute atomic E-state index is 0.0253. The molecule has 2 N–H and O–H groups in total. The molecular formula is C58H61N3O10. The number of anilines is 2. The molecule has 0 fully saturated rings. The molecule has 3 amide bonds. The summed E-state index contributed by atoms with van der Waals surface area (Å²) in [5.41, 5.74) is 8.94. The fraction of sp³-hybridized carbons (Fsp3) is 0.379. The maximum atomic E-state index is 14.1. The van der Waals surface area contributed by atoms with Gasteiger partial charge in [-0.25, -0.2) is 0 Å². The molecule has 71 heavy (non-hydrogen) atoms. The highest BCUT2D eigenvalue weighted by Crippen LogP contribution is 2.42. The molecule has 5 atom stereocenters. The van der Waals surface area contributed by atoms with Crippen LogP contribution in [0.3, 0.4) is 0 Å². The number of aryl methyl sites for hydroxylation is 2. The zero-order valence-electron chi connectivity index (χ0n) is 41.0. The Kier molecular flexibility index (Phi) is 14.2. The van der Waals surface area contributed by atoms with Crippen LogP contribution >= 0.6 is 0 Å². The molecule has 9 rings (SSSR count). The number of nitrogens with one attached hydrogen (secondary N) is 1. The lowest BCUT2D eigenvalue weighted by atomic mass is 9.95. The Balaban J connectivity index is 0.950. The summed E-state index contributed by atoms with van der Waals surface area (Å²) >= 11 is 0. The van der Waals surface area contributed by atoms with Crippen molar-refractivity contribution in [2.24, 2.45) is 5.92 Å². The number of rotatable bonds is 18. The van der Waals surface area contributed by atoms with Crippen LogP contribution in [0.25, 0.3) is 0 Å². The first-order valence-corrected chi connectivity index (χ1v) is 24.8. The Morgan fingerprint density at radius 2 is 1.37 bits per heavy atom. The lowest BCUT2D eigenvalue weighted by molar-refractivity contribution is -0.129. The van der Waals surface area contributed by atoms with Gasteiger partial charge in [0.1, 0.15) is 24.7 Å². The lowest BCUT2D eigenvalue weighted by Crippen LogP contribution is -2.43. The van der Waals surface area contributed by atoms with Crippen molar-refractivity contribution >= 4 is 46.4 Å². The van der Waals surface area contributed by atoms with E-state index in [1.807, 2.05) is 78.6 Å². The Labute approximate surface area is 414 Å². The van der Waals surface area contributed by atoms with E-state index in [2.05, 4.69) is 11.4 Å². The largest absolute Gasteiger partial charge is 0.493 e. The number of hydrogen-bond donors (Lipinski definition) is 2. The van der Waals surface area contributed by atoms with Crippen LogP contribution in [0.15, 0.2) is 91.0 Å². The fourth-order valence-corrected chi connectivity index (χ4v) is 10.6. The first-order chi connectivity index (χ1) is 34.2. The van der Waals surface area contributed by atoms with E-state index in [1.165, 1.54) is 7.11 Å². The second kappa shape index (κ2) is 20.7. The maximum Gasteiger partial charge on any atom is 0.258 e. The summed E-state index contributed by atoms with van der Waals surface area (Å²) in [5, 5.41) is 14.2. The topological polar surface area (TPSA) is 169 Å². The van der Waals surface area contributed by atoms with Gasteiger partial charge in [-0.15, -0.1) is 0 Å². The number of hydrogen-bond acceptors (Lipinski definition) is 10. The van der Waals surface area contributed by atoms with Crippen molar-refractivity contribution in [3.05, 3.63) is 147 Å². The van der Waals surface area contributed by atoms with E-state index in [0.29, 0.717) is 82.7 Å². The van der Waals surface area contributed by atoms with Gasteiger partial charge in [-0.1, -0.05) is 50.2 Å². The average Bonchev–Trinajstić information content (AvgIpc) is 3.89. The number of para-hydroxylation sites is 2. The van der Waals surface area contributed by atoms with Crippen LogP contribution in [0.4, 0.5) is 11.4 Å². The minimum atomic E-state index is -0.794. The smallest absolute Gasteiger partial charge is 0.258 e. The zero-order valence-corrected chi connectivity index (χ0v) is 41.0. The normalized spacial score (nSPS) is 18.4. The summed E-state index contributed by atoms with van der Waals surface area (Å²) in [7, 11) is 1.53. The van der Waals surface area contributed by atoms with E-state index >= 15 is 0 Å². The molecule has 13 heteroatoms. The second-order valence-corrected chi connectivity index (χ2v) is 19.6. The van der Waals surface area contributed by atoms with Crippen molar-refractivity contribution in [1.29, 1.82) is 0 Å². The molecule has 0 bridgehead atoms. The Bertz CT molecular complexity index is 2940. The highest BCUT2D eigenvalue weighted by atomic mass is 16.5. The summed E-state index contributed by atoms with van der Waals surface area (Å²) in [6.45, 7) is 6.97. The first-order valence-electron chi connectivity index (χ1n) is 24.8. The van der Waals surface area contributed by atoms with Gasteiger partial charge in [-0.2, -0.15) is 0 Å². The minimum Gasteiger partial charge on any atom is -0.493 e. The van der Waals surface area contributed by atoms with Crippen molar-refractivity contribution in [3.63, 3.8) is 0 Å². The van der Waals surface area contributed by atoms with Crippen LogP contribution in [0.5, 0.6) is 17.2 Å². The van der Waals surface area contributed by atoms with Crippen LogP contribution in [0, 0.1) is 12.8 Å². The van der Waals surface area contributed by atoms with Crippen LogP contribution in [0.2, 0.25) is 0 Å². The average molecular weight is 960 g/mol. The molecule has 0 spiro atoms. The predicted molar refractivity (Wildman–Crippen MR) is 269 cm³/mol. The summed E-state index contributed by atoms with van der Waals surface area (Å²) in [5.74, 6) is -0.457. The van der Waals surface area contributed by atoms with Gasteiger partial charge in [-0.3, -0.25) is 28.8 Å². The van der Waals surface area contributed by atoms with Crippen molar-refractivity contribution in [1.82, 2.24) is 5.32 Å².